The maximum Gasteiger partial charge on any atom is 0.272 e. The van der Waals surface area contributed by atoms with E-state index in [9.17, 15) is 14.4 Å². The summed E-state index contributed by atoms with van der Waals surface area (Å²) in [6.07, 6.45) is 2.95. The third-order valence-corrected chi connectivity index (χ3v) is 8.80. The number of furan rings is 1. The second kappa shape index (κ2) is 14.1. The molecule has 10 heteroatoms. The molecular weight excluding hydrogens is 617 g/mol. The minimum Gasteiger partial charge on any atom is -0.465 e. The zero-order valence-electron chi connectivity index (χ0n) is 24.6. The molecule has 2 heterocycles. The highest BCUT2D eigenvalue weighted by Gasteiger charge is 2.18. The van der Waals surface area contributed by atoms with E-state index in [1.165, 1.54) is 35.4 Å². The Bertz CT molecular complexity index is 2020. The number of thioether (sulfide) groups is 1. The number of aromatic nitrogens is 1. The lowest BCUT2D eigenvalue weighted by Gasteiger charge is -2.13. The molecule has 6 rings (SSSR count). The summed E-state index contributed by atoms with van der Waals surface area (Å²) in [5.41, 5.74) is 2.77. The minimum absolute atomic E-state index is 0.0264. The van der Waals surface area contributed by atoms with Crippen molar-refractivity contribution in [3.63, 3.8) is 0 Å². The summed E-state index contributed by atoms with van der Waals surface area (Å²) in [4.78, 5) is 44.4. The van der Waals surface area contributed by atoms with Crippen molar-refractivity contribution in [3.05, 3.63) is 138 Å². The molecular formula is C36H28N4O4S2. The van der Waals surface area contributed by atoms with Crippen molar-refractivity contribution < 1.29 is 18.8 Å². The molecule has 46 heavy (non-hydrogen) atoms. The molecule has 0 bridgehead atoms. The van der Waals surface area contributed by atoms with Gasteiger partial charge in [0.2, 0.25) is 5.91 Å². The van der Waals surface area contributed by atoms with Crippen LogP contribution in [-0.4, -0.2) is 28.0 Å². The third-order valence-electron chi connectivity index (χ3n) is 6.93. The van der Waals surface area contributed by atoms with Crippen LogP contribution in [0.5, 0.6) is 0 Å². The second-order valence-electron chi connectivity index (χ2n) is 10.2. The van der Waals surface area contributed by atoms with E-state index < -0.39 is 17.1 Å². The zero-order chi connectivity index (χ0) is 31.9. The molecule has 0 aliphatic heterocycles. The van der Waals surface area contributed by atoms with Gasteiger partial charge in [-0.2, -0.15) is 0 Å². The number of hydrogen-bond acceptors (Lipinski definition) is 7. The van der Waals surface area contributed by atoms with Crippen LogP contribution < -0.4 is 16.0 Å². The molecule has 3 amide bonds. The van der Waals surface area contributed by atoms with E-state index in [4.69, 9.17) is 4.42 Å². The van der Waals surface area contributed by atoms with Crippen LogP contribution in [0.2, 0.25) is 0 Å². The summed E-state index contributed by atoms with van der Waals surface area (Å²) in [5.74, 6) is -0.681. The number of carbonyl (C=O) groups is 3. The fraction of sp³-hybridized carbons (Fsp3) is 0.0556. The lowest BCUT2D eigenvalue weighted by Crippen LogP contribution is -2.30. The molecule has 228 valence electrons. The van der Waals surface area contributed by atoms with E-state index in [1.807, 2.05) is 48.7 Å². The number of anilines is 2. The first kappa shape index (κ1) is 30.6. The molecule has 8 nitrogen and oxygen atoms in total. The van der Waals surface area contributed by atoms with Crippen molar-refractivity contribution in [2.24, 2.45) is 0 Å². The van der Waals surface area contributed by atoms with Gasteiger partial charge in [0.15, 0.2) is 5.13 Å². The van der Waals surface area contributed by atoms with Crippen LogP contribution in [0.15, 0.2) is 136 Å². The summed E-state index contributed by atoms with van der Waals surface area (Å²) < 4.78 is 5.35. The number of amides is 3. The smallest absolute Gasteiger partial charge is 0.272 e. The largest absolute Gasteiger partial charge is 0.465 e. The molecule has 4 aromatic carbocycles. The fourth-order valence-corrected chi connectivity index (χ4v) is 6.14. The monoisotopic (exact) mass is 644 g/mol. The number of benzene rings is 4. The fourth-order valence-electron chi connectivity index (χ4n) is 4.55. The van der Waals surface area contributed by atoms with Crippen LogP contribution >= 0.6 is 23.1 Å². The lowest BCUT2D eigenvalue weighted by atomic mass is 10.1. The summed E-state index contributed by atoms with van der Waals surface area (Å²) in [5, 5.41) is 12.8. The van der Waals surface area contributed by atoms with E-state index >= 15 is 0 Å². The van der Waals surface area contributed by atoms with Crippen LogP contribution in [0, 0.1) is 0 Å². The van der Waals surface area contributed by atoms with E-state index in [1.54, 1.807) is 48.5 Å². The molecule has 3 N–H and O–H groups in total. The molecule has 0 saturated heterocycles. The molecule has 0 aliphatic rings. The van der Waals surface area contributed by atoms with Gasteiger partial charge in [-0.15, -0.1) is 23.1 Å². The SMILES string of the molecule is CC(Sc1ccc(NC(=O)/C(=C/c2ccco2)NC(=O)c2ccccc2)cc1)C(=O)Nc1nc(-c2ccc3ccccc3c2)cs1. The number of nitrogens with one attached hydrogen (secondary N) is 3. The van der Waals surface area contributed by atoms with Gasteiger partial charge < -0.3 is 20.4 Å². The minimum atomic E-state index is -0.514. The molecule has 0 spiro atoms. The van der Waals surface area contributed by atoms with Crippen molar-refractivity contribution >= 4 is 68.5 Å². The van der Waals surface area contributed by atoms with Gasteiger partial charge in [0.05, 0.1) is 17.2 Å². The number of fused-ring (bicyclic) bond motifs is 1. The molecule has 6 aromatic rings. The Kier molecular flexibility index (Phi) is 9.37. The molecule has 1 unspecified atom stereocenters. The van der Waals surface area contributed by atoms with Crippen molar-refractivity contribution in [1.82, 2.24) is 10.3 Å². The highest BCUT2D eigenvalue weighted by atomic mass is 32.2. The van der Waals surface area contributed by atoms with E-state index in [0.717, 1.165) is 26.9 Å². The van der Waals surface area contributed by atoms with Gasteiger partial charge in [-0.25, -0.2) is 4.98 Å². The Balaban J connectivity index is 1.06. The van der Waals surface area contributed by atoms with Gasteiger partial charge in [-0.05, 0) is 72.3 Å². The molecule has 0 saturated carbocycles. The Hall–Kier alpha value is -5.45. The van der Waals surface area contributed by atoms with Crippen LogP contribution in [-0.2, 0) is 9.59 Å². The van der Waals surface area contributed by atoms with Crippen LogP contribution in [0.1, 0.15) is 23.0 Å². The molecule has 0 radical (unpaired) electrons. The molecule has 2 aromatic heterocycles. The zero-order valence-corrected chi connectivity index (χ0v) is 26.2. The van der Waals surface area contributed by atoms with Crippen LogP contribution in [0.3, 0.4) is 0 Å². The number of thiazole rings is 1. The molecule has 1 atom stereocenters. The normalized spacial score (nSPS) is 12.0. The van der Waals surface area contributed by atoms with Crippen LogP contribution in [0.4, 0.5) is 10.8 Å². The topological polar surface area (TPSA) is 113 Å². The van der Waals surface area contributed by atoms with Gasteiger partial charge >= 0.3 is 0 Å². The van der Waals surface area contributed by atoms with Gasteiger partial charge in [0.1, 0.15) is 11.5 Å². The Labute approximate surface area is 273 Å². The average Bonchev–Trinajstić information content (AvgIpc) is 3.78. The van der Waals surface area contributed by atoms with E-state index in [0.29, 0.717) is 22.1 Å². The predicted molar refractivity (Wildman–Crippen MR) is 185 cm³/mol. The van der Waals surface area contributed by atoms with Crippen molar-refractivity contribution in [3.8, 4) is 11.3 Å². The van der Waals surface area contributed by atoms with Gasteiger partial charge in [-0.1, -0.05) is 54.6 Å². The first-order chi connectivity index (χ1) is 22.4. The standard InChI is InChI=1S/C36H28N4O4S2/c1-23(33(41)40-36-39-32(22-45-36)27-14-13-24-8-5-6-11-26(24)20-27)46-30-17-15-28(16-18-30)37-35(43)31(21-29-12-7-19-44-29)38-34(42)25-9-3-2-4-10-25/h2-23H,1H3,(H,37,43)(H,38,42)(H,39,40,41)/b31-21-. The van der Waals surface area contributed by atoms with Crippen molar-refractivity contribution in [1.29, 1.82) is 0 Å². The predicted octanol–water partition coefficient (Wildman–Crippen LogP) is 8.09. The summed E-state index contributed by atoms with van der Waals surface area (Å²) in [7, 11) is 0. The van der Waals surface area contributed by atoms with Crippen molar-refractivity contribution in [2.75, 3.05) is 10.6 Å². The first-order valence-corrected chi connectivity index (χ1v) is 16.1. The number of rotatable bonds is 10. The summed E-state index contributed by atoms with van der Waals surface area (Å²) in [6, 6.07) is 33.5. The first-order valence-electron chi connectivity index (χ1n) is 14.4. The Morgan fingerprint density at radius 2 is 1.61 bits per heavy atom. The van der Waals surface area contributed by atoms with Gasteiger partial charge in [0.25, 0.3) is 11.8 Å². The maximum absolute atomic E-state index is 13.2. The quantitative estimate of drug-likeness (QED) is 0.103. The second-order valence-corrected chi connectivity index (χ2v) is 12.5. The third kappa shape index (κ3) is 7.60. The molecule has 0 aliphatic carbocycles. The van der Waals surface area contributed by atoms with E-state index in [2.05, 4.69) is 45.2 Å². The highest BCUT2D eigenvalue weighted by molar-refractivity contribution is 8.00. The lowest BCUT2D eigenvalue weighted by molar-refractivity contribution is -0.115. The maximum atomic E-state index is 13.2. The highest BCUT2D eigenvalue weighted by Crippen LogP contribution is 2.30. The Morgan fingerprint density at radius 1 is 0.848 bits per heavy atom. The summed E-state index contributed by atoms with van der Waals surface area (Å²) in [6.45, 7) is 1.83. The van der Waals surface area contributed by atoms with Crippen molar-refractivity contribution in [2.45, 2.75) is 17.1 Å². The van der Waals surface area contributed by atoms with Gasteiger partial charge in [0, 0.05) is 33.2 Å². The van der Waals surface area contributed by atoms with E-state index in [-0.39, 0.29) is 11.6 Å². The van der Waals surface area contributed by atoms with Gasteiger partial charge in [-0.3, -0.25) is 14.4 Å². The van der Waals surface area contributed by atoms with Crippen LogP contribution in [0.25, 0.3) is 28.1 Å². The Morgan fingerprint density at radius 3 is 2.37 bits per heavy atom. The number of nitrogens with zero attached hydrogens (tertiary/aromatic N) is 1. The summed E-state index contributed by atoms with van der Waals surface area (Å²) >= 11 is 2.78. The number of carbonyl (C=O) groups excluding carboxylic acids is 3. The average molecular weight is 645 g/mol. The number of hydrogen-bond donors (Lipinski definition) is 3. The molecule has 0 fully saturated rings.